The Morgan fingerprint density at radius 2 is 1.68 bits per heavy atom. The fourth-order valence-corrected chi connectivity index (χ4v) is 4.79. The molecule has 2 aromatic rings. The van der Waals surface area contributed by atoms with Crippen LogP contribution in [0.4, 0.5) is 18.9 Å². The van der Waals surface area contributed by atoms with Crippen LogP contribution >= 0.6 is 0 Å². The number of hydrogen-bond donors (Lipinski definition) is 1. The fourth-order valence-electron chi connectivity index (χ4n) is 3.37. The van der Waals surface area contributed by atoms with Gasteiger partial charge < -0.3 is 5.32 Å². The molecule has 1 N–H and O–H groups in total. The van der Waals surface area contributed by atoms with Crippen molar-refractivity contribution in [1.82, 2.24) is 9.21 Å². The lowest BCUT2D eigenvalue weighted by molar-refractivity contribution is -0.137. The SMILES string of the molecule is CCc1cccc(NC(=O)CN2CCN(S(=O)(=O)c3ccc(C(F)(F)F)cc3)CC2)c1. The van der Waals surface area contributed by atoms with E-state index in [-0.39, 0.29) is 30.4 Å². The van der Waals surface area contributed by atoms with Crippen LogP contribution in [0, 0.1) is 0 Å². The van der Waals surface area contributed by atoms with Gasteiger partial charge in [-0.25, -0.2) is 8.42 Å². The molecule has 0 atom stereocenters. The van der Waals surface area contributed by atoms with Crippen molar-refractivity contribution < 1.29 is 26.4 Å². The van der Waals surface area contributed by atoms with Gasteiger partial charge in [0.25, 0.3) is 0 Å². The zero-order valence-electron chi connectivity index (χ0n) is 17.0. The minimum absolute atomic E-state index is 0.129. The molecule has 0 unspecified atom stereocenters. The maximum Gasteiger partial charge on any atom is 0.416 e. The Balaban J connectivity index is 1.55. The summed E-state index contributed by atoms with van der Waals surface area (Å²) in [5.41, 5.74) is 0.930. The Labute approximate surface area is 179 Å². The van der Waals surface area contributed by atoms with Crippen LogP contribution in [0.15, 0.2) is 53.4 Å². The van der Waals surface area contributed by atoms with Crippen molar-refractivity contribution in [3.05, 3.63) is 59.7 Å². The van der Waals surface area contributed by atoms with E-state index in [1.165, 1.54) is 4.31 Å². The molecule has 0 aromatic heterocycles. The summed E-state index contributed by atoms with van der Waals surface area (Å²) >= 11 is 0. The maximum absolute atomic E-state index is 12.7. The summed E-state index contributed by atoms with van der Waals surface area (Å²) in [6, 6.07) is 11.1. The van der Waals surface area contributed by atoms with E-state index in [1.54, 1.807) is 0 Å². The lowest BCUT2D eigenvalue weighted by Crippen LogP contribution is -2.50. The van der Waals surface area contributed by atoms with Gasteiger partial charge >= 0.3 is 6.18 Å². The van der Waals surface area contributed by atoms with Crippen molar-refractivity contribution in [2.75, 3.05) is 38.0 Å². The number of aryl methyl sites for hydroxylation is 1. The van der Waals surface area contributed by atoms with E-state index in [9.17, 15) is 26.4 Å². The van der Waals surface area contributed by atoms with E-state index in [2.05, 4.69) is 5.32 Å². The van der Waals surface area contributed by atoms with Gasteiger partial charge in [-0.15, -0.1) is 0 Å². The number of anilines is 1. The number of nitrogens with one attached hydrogen (secondary N) is 1. The van der Waals surface area contributed by atoms with Gasteiger partial charge in [0.15, 0.2) is 0 Å². The molecule has 1 aliphatic heterocycles. The number of rotatable bonds is 6. The summed E-state index contributed by atoms with van der Waals surface area (Å²) in [4.78, 5) is 14.0. The number of carbonyl (C=O) groups is 1. The van der Waals surface area contributed by atoms with Crippen LogP contribution in [-0.4, -0.2) is 56.3 Å². The van der Waals surface area contributed by atoms with Crippen LogP contribution in [0.25, 0.3) is 0 Å². The number of hydrogen-bond acceptors (Lipinski definition) is 4. The quantitative estimate of drug-likeness (QED) is 0.726. The smallest absolute Gasteiger partial charge is 0.325 e. The largest absolute Gasteiger partial charge is 0.416 e. The second-order valence-electron chi connectivity index (χ2n) is 7.30. The highest BCUT2D eigenvalue weighted by atomic mass is 32.2. The first-order valence-corrected chi connectivity index (χ1v) is 11.3. The highest BCUT2D eigenvalue weighted by Gasteiger charge is 2.32. The number of sulfonamides is 1. The van der Waals surface area contributed by atoms with Crippen molar-refractivity contribution in [3.63, 3.8) is 0 Å². The number of nitrogens with zero attached hydrogens (tertiary/aromatic N) is 2. The molecule has 6 nitrogen and oxygen atoms in total. The van der Waals surface area contributed by atoms with Crippen LogP contribution < -0.4 is 5.32 Å². The Hall–Kier alpha value is -2.43. The molecule has 10 heteroatoms. The Morgan fingerprint density at radius 3 is 2.26 bits per heavy atom. The van der Waals surface area contributed by atoms with E-state index in [0.29, 0.717) is 18.8 Å². The van der Waals surface area contributed by atoms with Crippen molar-refractivity contribution in [2.45, 2.75) is 24.4 Å². The topological polar surface area (TPSA) is 69.7 Å². The van der Waals surface area contributed by atoms with Crippen LogP contribution in [0.3, 0.4) is 0 Å². The first-order chi connectivity index (χ1) is 14.6. The van der Waals surface area contributed by atoms with E-state index >= 15 is 0 Å². The number of halogens is 3. The third-order valence-electron chi connectivity index (χ3n) is 5.14. The Kier molecular flexibility index (Phi) is 7.03. The summed E-state index contributed by atoms with van der Waals surface area (Å²) < 4.78 is 64.8. The van der Waals surface area contributed by atoms with Gasteiger partial charge in [-0.2, -0.15) is 17.5 Å². The minimum Gasteiger partial charge on any atom is -0.325 e. The number of carbonyl (C=O) groups excluding carboxylic acids is 1. The lowest BCUT2D eigenvalue weighted by Gasteiger charge is -2.33. The second-order valence-corrected chi connectivity index (χ2v) is 9.24. The molecular formula is C21H24F3N3O3S. The van der Waals surface area contributed by atoms with Crippen molar-refractivity contribution in [3.8, 4) is 0 Å². The second kappa shape index (κ2) is 9.37. The van der Waals surface area contributed by atoms with E-state index in [4.69, 9.17) is 0 Å². The molecule has 0 radical (unpaired) electrons. The Bertz CT molecular complexity index is 1020. The predicted octanol–water partition coefficient (Wildman–Crippen LogP) is 3.21. The molecule has 0 saturated carbocycles. The summed E-state index contributed by atoms with van der Waals surface area (Å²) in [6.45, 7) is 3.16. The monoisotopic (exact) mass is 455 g/mol. The molecule has 0 bridgehead atoms. The molecular weight excluding hydrogens is 431 g/mol. The first kappa shape index (κ1) is 23.2. The predicted molar refractivity (Wildman–Crippen MR) is 111 cm³/mol. The zero-order valence-corrected chi connectivity index (χ0v) is 17.8. The summed E-state index contributed by atoms with van der Waals surface area (Å²) in [5, 5.41) is 2.84. The van der Waals surface area contributed by atoms with Crippen LogP contribution in [0.2, 0.25) is 0 Å². The molecule has 1 amide bonds. The van der Waals surface area contributed by atoms with Crippen molar-refractivity contribution >= 4 is 21.6 Å². The zero-order chi connectivity index (χ0) is 22.6. The third-order valence-corrected chi connectivity index (χ3v) is 7.05. The average Bonchev–Trinajstić information content (AvgIpc) is 2.73. The molecule has 2 aromatic carbocycles. The van der Waals surface area contributed by atoms with Gasteiger partial charge in [0.1, 0.15) is 0 Å². The first-order valence-electron chi connectivity index (χ1n) is 9.88. The molecule has 31 heavy (non-hydrogen) atoms. The van der Waals surface area contributed by atoms with E-state index in [1.807, 2.05) is 36.1 Å². The fraction of sp³-hybridized carbons (Fsp3) is 0.381. The summed E-state index contributed by atoms with van der Waals surface area (Å²) in [5.74, 6) is -0.188. The number of amides is 1. The molecule has 1 heterocycles. The average molecular weight is 456 g/mol. The standard InChI is InChI=1S/C21H24F3N3O3S/c1-2-16-4-3-5-18(14-16)25-20(28)15-26-10-12-27(13-11-26)31(29,30)19-8-6-17(7-9-19)21(22,23)24/h3-9,14H,2,10-13,15H2,1H3,(H,25,28). The molecule has 168 valence electrons. The van der Waals surface area contributed by atoms with Crippen molar-refractivity contribution in [1.29, 1.82) is 0 Å². The van der Waals surface area contributed by atoms with Gasteiger partial charge in [-0.1, -0.05) is 19.1 Å². The molecule has 1 fully saturated rings. The molecule has 0 spiro atoms. The number of piperazine rings is 1. The van der Waals surface area contributed by atoms with Gasteiger partial charge in [0.2, 0.25) is 15.9 Å². The van der Waals surface area contributed by atoms with Gasteiger partial charge in [-0.3, -0.25) is 9.69 Å². The van der Waals surface area contributed by atoms with Gasteiger partial charge in [0, 0.05) is 31.9 Å². The van der Waals surface area contributed by atoms with Crippen LogP contribution in [0.5, 0.6) is 0 Å². The molecule has 3 rings (SSSR count). The molecule has 0 aliphatic carbocycles. The van der Waals surface area contributed by atoms with Gasteiger partial charge in [0.05, 0.1) is 17.0 Å². The minimum atomic E-state index is -4.52. The maximum atomic E-state index is 12.7. The normalized spacial score (nSPS) is 16.3. The number of alkyl halides is 3. The molecule has 1 saturated heterocycles. The highest BCUT2D eigenvalue weighted by molar-refractivity contribution is 7.89. The van der Waals surface area contributed by atoms with Crippen molar-refractivity contribution in [2.24, 2.45) is 0 Å². The van der Waals surface area contributed by atoms with Gasteiger partial charge in [-0.05, 0) is 48.4 Å². The van der Waals surface area contributed by atoms with Crippen LogP contribution in [-0.2, 0) is 27.4 Å². The highest BCUT2D eigenvalue weighted by Crippen LogP contribution is 2.30. The van der Waals surface area contributed by atoms with E-state index in [0.717, 1.165) is 36.2 Å². The van der Waals surface area contributed by atoms with Crippen LogP contribution in [0.1, 0.15) is 18.1 Å². The van der Waals surface area contributed by atoms with E-state index < -0.39 is 21.8 Å². The third kappa shape index (κ3) is 5.84. The molecule has 1 aliphatic rings. The Morgan fingerprint density at radius 1 is 1.03 bits per heavy atom. The lowest BCUT2D eigenvalue weighted by atomic mass is 10.1. The summed E-state index contributed by atoms with van der Waals surface area (Å²) in [6.07, 6.45) is -3.66. The number of benzene rings is 2. The summed E-state index contributed by atoms with van der Waals surface area (Å²) in [7, 11) is -3.89.